The van der Waals surface area contributed by atoms with Crippen molar-refractivity contribution in [2.75, 3.05) is 12.4 Å². The first kappa shape index (κ1) is 13.1. The summed E-state index contributed by atoms with van der Waals surface area (Å²) < 4.78 is 5.08. The molecule has 1 N–H and O–H groups in total. The molecule has 0 bridgehead atoms. The molecular weight excluding hydrogens is 238 g/mol. The summed E-state index contributed by atoms with van der Waals surface area (Å²) in [4.78, 5) is 12.1. The quantitative estimate of drug-likeness (QED) is 0.908. The number of hydrogen-bond acceptors (Lipinski definition) is 2. The second-order valence-electron chi connectivity index (χ2n) is 4.35. The fourth-order valence-electron chi connectivity index (χ4n) is 1.82. The lowest BCUT2D eigenvalue weighted by atomic mass is 10.0. The number of methoxy groups -OCH3 is 1. The number of ether oxygens (including phenoxy) is 1. The molecule has 0 heterocycles. The number of hydrogen-bond donors (Lipinski definition) is 1. The summed E-state index contributed by atoms with van der Waals surface area (Å²) in [6.07, 6.45) is 0. The summed E-state index contributed by atoms with van der Waals surface area (Å²) in [6, 6.07) is 17.0. The van der Waals surface area contributed by atoms with Gasteiger partial charge in [0.05, 0.1) is 13.0 Å². The third-order valence-corrected chi connectivity index (χ3v) is 3.05. The van der Waals surface area contributed by atoms with Gasteiger partial charge in [0.2, 0.25) is 5.91 Å². The Morgan fingerprint density at radius 2 is 1.68 bits per heavy atom. The fraction of sp³-hybridized carbons (Fsp3) is 0.188. The third kappa shape index (κ3) is 3.35. The van der Waals surface area contributed by atoms with Crippen LogP contribution in [0.5, 0.6) is 5.75 Å². The molecule has 0 aliphatic rings. The van der Waals surface area contributed by atoms with Crippen LogP contribution < -0.4 is 10.1 Å². The van der Waals surface area contributed by atoms with Crippen molar-refractivity contribution in [3.8, 4) is 5.75 Å². The Kier molecular flexibility index (Phi) is 4.18. The van der Waals surface area contributed by atoms with Crippen LogP contribution in [0, 0.1) is 0 Å². The van der Waals surface area contributed by atoms with Gasteiger partial charge in [0.15, 0.2) is 0 Å². The first-order valence-electron chi connectivity index (χ1n) is 6.20. The minimum absolute atomic E-state index is 0.0173. The van der Waals surface area contributed by atoms with Gasteiger partial charge < -0.3 is 10.1 Å². The first-order valence-corrected chi connectivity index (χ1v) is 6.20. The van der Waals surface area contributed by atoms with Gasteiger partial charge in [0.1, 0.15) is 5.75 Å². The van der Waals surface area contributed by atoms with Gasteiger partial charge in [-0.15, -0.1) is 0 Å². The van der Waals surface area contributed by atoms with Gasteiger partial charge in [0, 0.05) is 5.69 Å². The van der Waals surface area contributed by atoms with E-state index in [0.29, 0.717) is 0 Å². The van der Waals surface area contributed by atoms with Crippen LogP contribution in [0.25, 0.3) is 0 Å². The molecule has 0 saturated carbocycles. The van der Waals surface area contributed by atoms with Crippen LogP contribution >= 0.6 is 0 Å². The van der Waals surface area contributed by atoms with Crippen molar-refractivity contribution < 1.29 is 9.53 Å². The van der Waals surface area contributed by atoms with Gasteiger partial charge in [0.25, 0.3) is 0 Å². The van der Waals surface area contributed by atoms with Gasteiger partial charge in [-0.1, -0.05) is 30.3 Å². The zero-order valence-electron chi connectivity index (χ0n) is 11.1. The minimum atomic E-state index is -0.177. The molecule has 2 aromatic carbocycles. The largest absolute Gasteiger partial charge is 0.497 e. The van der Waals surface area contributed by atoms with E-state index in [4.69, 9.17) is 4.74 Å². The molecule has 0 fully saturated rings. The van der Waals surface area contributed by atoms with Gasteiger partial charge >= 0.3 is 0 Å². The maximum Gasteiger partial charge on any atom is 0.231 e. The smallest absolute Gasteiger partial charge is 0.231 e. The van der Waals surface area contributed by atoms with Crippen molar-refractivity contribution in [1.82, 2.24) is 0 Å². The van der Waals surface area contributed by atoms with E-state index in [1.807, 2.05) is 61.5 Å². The number of anilines is 1. The van der Waals surface area contributed by atoms with Gasteiger partial charge in [-0.2, -0.15) is 0 Å². The molecule has 2 rings (SSSR count). The van der Waals surface area contributed by atoms with Crippen LogP contribution in [0.4, 0.5) is 5.69 Å². The Morgan fingerprint density at radius 1 is 1.05 bits per heavy atom. The highest BCUT2D eigenvalue weighted by atomic mass is 16.5. The van der Waals surface area contributed by atoms with Crippen molar-refractivity contribution in [3.63, 3.8) is 0 Å². The van der Waals surface area contributed by atoms with Crippen molar-refractivity contribution in [2.24, 2.45) is 0 Å². The summed E-state index contributed by atoms with van der Waals surface area (Å²) in [6.45, 7) is 1.90. The highest BCUT2D eigenvalue weighted by molar-refractivity contribution is 5.95. The van der Waals surface area contributed by atoms with Crippen molar-refractivity contribution >= 4 is 11.6 Å². The van der Waals surface area contributed by atoms with E-state index in [1.54, 1.807) is 7.11 Å². The molecule has 2 aromatic rings. The first-order chi connectivity index (χ1) is 9.20. The summed E-state index contributed by atoms with van der Waals surface area (Å²) in [5.41, 5.74) is 1.78. The van der Waals surface area contributed by atoms with Crippen LogP contribution in [0.15, 0.2) is 54.6 Å². The molecule has 3 heteroatoms. The topological polar surface area (TPSA) is 38.3 Å². The Morgan fingerprint density at radius 3 is 2.26 bits per heavy atom. The Hall–Kier alpha value is -2.29. The van der Waals surface area contributed by atoms with E-state index >= 15 is 0 Å². The zero-order valence-corrected chi connectivity index (χ0v) is 11.1. The molecule has 0 spiro atoms. The Labute approximate surface area is 113 Å². The lowest BCUT2D eigenvalue weighted by molar-refractivity contribution is -0.117. The lowest BCUT2D eigenvalue weighted by Crippen LogP contribution is -2.18. The molecule has 0 saturated heterocycles. The molecule has 1 amide bonds. The molecule has 98 valence electrons. The van der Waals surface area contributed by atoms with Crippen molar-refractivity contribution in [2.45, 2.75) is 12.8 Å². The molecular formula is C16H17NO2. The number of carbonyl (C=O) groups is 1. The third-order valence-electron chi connectivity index (χ3n) is 3.05. The van der Waals surface area contributed by atoms with E-state index in [1.165, 1.54) is 0 Å². The average molecular weight is 255 g/mol. The molecule has 0 aromatic heterocycles. The zero-order chi connectivity index (χ0) is 13.7. The lowest BCUT2D eigenvalue weighted by Gasteiger charge is -2.12. The van der Waals surface area contributed by atoms with E-state index in [2.05, 4.69) is 5.32 Å². The van der Waals surface area contributed by atoms with Crippen molar-refractivity contribution in [1.29, 1.82) is 0 Å². The van der Waals surface area contributed by atoms with Gasteiger partial charge in [-0.05, 0) is 36.8 Å². The molecule has 1 atom stereocenters. The van der Waals surface area contributed by atoms with Gasteiger partial charge in [-0.3, -0.25) is 4.79 Å². The predicted octanol–water partition coefficient (Wildman–Crippen LogP) is 3.44. The van der Waals surface area contributed by atoms with E-state index in [0.717, 1.165) is 17.0 Å². The highest BCUT2D eigenvalue weighted by Gasteiger charge is 2.14. The number of nitrogens with one attached hydrogen (secondary N) is 1. The van der Waals surface area contributed by atoms with Crippen LogP contribution in [-0.2, 0) is 4.79 Å². The summed E-state index contributed by atoms with van der Waals surface area (Å²) in [7, 11) is 1.62. The predicted molar refractivity (Wildman–Crippen MR) is 76.5 cm³/mol. The summed E-state index contributed by atoms with van der Waals surface area (Å²) in [5.74, 6) is 0.578. The molecule has 0 unspecified atom stereocenters. The number of amides is 1. The Balaban J connectivity index is 2.04. The maximum absolute atomic E-state index is 12.1. The second kappa shape index (κ2) is 6.05. The standard InChI is InChI=1S/C16H17NO2/c1-12(13-6-4-3-5-7-13)16(18)17-14-8-10-15(19-2)11-9-14/h3-12H,1-2H3,(H,17,18)/t12-/m0/s1. The van der Waals surface area contributed by atoms with Gasteiger partial charge in [-0.25, -0.2) is 0 Å². The van der Waals surface area contributed by atoms with Crippen LogP contribution in [0.1, 0.15) is 18.4 Å². The number of benzene rings is 2. The van der Waals surface area contributed by atoms with E-state index in [9.17, 15) is 4.79 Å². The van der Waals surface area contributed by atoms with Crippen molar-refractivity contribution in [3.05, 3.63) is 60.2 Å². The normalized spacial score (nSPS) is 11.7. The van der Waals surface area contributed by atoms with E-state index in [-0.39, 0.29) is 11.8 Å². The maximum atomic E-state index is 12.1. The monoisotopic (exact) mass is 255 g/mol. The molecule has 0 aliphatic heterocycles. The summed E-state index contributed by atoms with van der Waals surface area (Å²) in [5, 5.41) is 2.90. The van der Waals surface area contributed by atoms with Crippen LogP contribution in [0.3, 0.4) is 0 Å². The number of carbonyl (C=O) groups excluding carboxylic acids is 1. The molecule has 0 aliphatic carbocycles. The average Bonchev–Trinajstić information content (AvgIpc) is 2.48. The fourth-order valence-corrected chi connectivity index (χ4v) is 1.82. The minimum Gasteiger partial charge on any atom is -0.497 e. The van der Waals surface area contributed by atoms with E-state index < -0.39 is 0 Å². The van der Waals surface area contributed by atoms with Crippen LogP contribution in [-0.4, -0.2) is 13.0 Å². The second-order valence-corrected chi connectivity index (χ2v) is 4.35. The summed E-state index contributed by atoms with van der Waals surface area (Å²) >= 11 is 0. The molecule has 0 radical (unpaired) electrons. The molecule has 19 heavy (non-hydrogen) atoms. The Bertz CT molecular complexity index is 534. The molecule has 3 nitrogen and oxygen atoms in total. The van der Waals surface area contributed by atoms with Crippen LogP contribution in [0.2, 0.25) is 0 Å². The highest BCUT2D eigenvalue weighted by Crippen LogP contribution is 2.19. The number of rotatable bonds is 4. The SMILES string of the molecule is COc1ccc(NC(=O)[C@@H](C)c2ccccc2)cc1.